The molecule has 0 bridgehead atoms. The first-order valence-electron chi connectivity index (χ1n) is 25.2. The molecule has 1 aliphatic heterocycles. The summed E-state index contributed by atoms with van der Waals surface area (Å²) in [5.74, 6) is 3.20. The molecule has 2 N–H and O–H groups in total. The van der Waals surface area contributed by atoms with Crippen molar-refractivity contribution in [3.8, 4) is 0 Å². The predicted molar refractivity (Wildman–Crippen MR) is 242 cm³/mol. The molecule has 2 amide bonds. The van der Waals surface area contributed by atoms with Gasteiger partial charge in [-0.05, 0) is 165 Å². The van der Waals surface area contributed by atoms with Crippen LogP contribution in [-0.2, 0) is 25.5 Å². The van der Waals surface area contributed by atoms with Crippen molar-refractivity contribution in [2.75, 3.05) is 39.4 Å². The molecule has 1 heterocycles. The van der Waals surface area contributed by atoms with Crippen molar-refractivity contribution < 1.29 is 29.3 Å². The van der Waals surface area contributed by atoms with E-state index in [0.717, 1.165) is 51.4 Å². The second kappa shape index (κ2) is 15.0. The van der Waals surface area contributed by atoms with Gasteiger partial charge in [-0.25, -0.2) is 0 Å². The van der Waals surface area contributed by atoms with Crippen LogP contribution in [0.25, 0.3) is 0 Å². The molecule has 7 aliphatic carbocycles. The number of hydrogen-bond acceptors (Lipinski definition) is 6. The van der Waals surface area contributed by atoms with Crippen LogP contribution < -0.4 is 0 Å². The smallest absolute Gasteiger partial charge is 0.309 e. The number of amides is 2. The molecule has 8 heteroatoms. The fourth-order valence-electron chi connectivity index (χ4n) is 17.4. The van der Waals surface area contributed by atoms with Gasteiger partial charge < -0.3 is 24.7 Å². The SMILES string of the molecule is CC(CO)(CO)C(=O)N1CCN(C(=O)[C@]23CC[C@@H](C4(C)CC4)[C@@H]2[C@H]2CC[C@@H]4[C@@]5(C)CC[C@H](OC(=O)[C@H]6C[C@@H](Cc7ccccc7)C6(C)C)C(C)(C)[C@@H]5CC[C@@]4(C)[C@]2(C)CC3)CC1. The topological polar surface area (TPSA) is 107 Å². The second-order valence-electron chi connectivity index (χ2n) is 25.4. The largest absolute Gasteiger partial charge is 0.462 e. The number of nitrogens with zero attached hydrogens (tertiary/aromatic N) is 2. The molecule has 0 unspecified atom stereocenters. The van der Waals surface area contributed by atoms with Gasteiger partial charge in [0, 0.05) is 31.6 Å². The zero-order chi connectivity index (χ0) is 44.5. The van der Waals surface area contributed by atoms with Crippen molar-refractivity contribution in [1.29, 1.82) is 0 Å². The molecule has 8 aliphatic rings. The molecule has 8 nitrogen and oxygen atoms in total. The van der Waals surface area contributed by atoms with Gasteiger partial charge >= 0.3 is 5.97 Å². The Balaban J connectivity index is 0.915. The predicted octanol–water partition coefficient (Wildman–Crippen LogP) is 9.35. The molecule has 0 aromatic heterocycles. The Hall–Kier alpha value is -2.45. The zero-order valence-corrected chi connectivity index (χ0v) is 40.1. The number of carbonyl (C=O) groups is 3. The van der Waals surface area contributed by atoms with E-state index in [4.69, 9.17) is 4.74 Å². The third kappa shape index (κ3) is 6.40. The van der Waals surface area contributed by atoms with Gasteiger partial charge in [0.1, 0.15) is 6.10 Å². The number of esters is 1. The maximum Gasteiger partial charge on any atom is 0.309 e. The summed E-state index contributed by atoms with van der Waals surface area (Å²) in [6.45, 7) is 22.7. The fraction of sp³-hybridized carbons (Fsp3) is 0.833. The van der Waals surface area contributed by atoms with Gasteiger partial charge in [0.25, 0.3) is 0 Å². The second-order valence-corrected chi connectivity index (χ2v) is 25.4. The molecule has 8 fully saturated rings. The van der Waals surface area contributed by atoms with Crippen molar-refractivity contribution in [3.05, 3.63) is 35.9 Å². The Morgan fingerprint density at radius 2 is 1.35 bits per heavy atom. The van der Waals surface area contributed by atoms with Crippen LogP contribution in [-0.4, -0.2) is 83.3 Å². The van der Waals surface area contributed by atoms with E-state index < -0.39 is 18.6 Å². The van der Waals surface area contributed by atoms with E-state index in [0.29, 0.717) is 73.0 Å². The standard InChI is InChI=1S/C54H82N2O6/c1-47(2)36(31-35-13-11-10-12-14-35)32-39(47)44(59)62-42-19-20-51(7)40(48(42,3)4)18-21-53(9)41(51)16-15-38-43-37(49(5)23-24-49)17-22-54(43,26-25-52(38,53)8)46(61)56-29-27-55(28-30-56)45(60)50(6,33-57)34-58/h10-14,36-43,57-58H,15-34H2,1-9H3/t36-,37-,38-,39-,40+,41-,42+,43-,51+,52-,53-,54+/m1/s1. The highest BCUT2D eigenvalue weighted by atomic mass is 16.5. The molecular weight excluding hydrogens is 773 g/mol. The van der Waals surface area contributed by atoms with Crippen LogP contribution in [0.15, 0.2) is 30.3 Å². The summed E-state index contributed by atoms with van der Waals surface area (Å²) in [6.07, 6.45) is 15.5. The number of benzene rings is 1. The van der Waals surface area contributed by atoms with Gasteiger partial charge in [-0.1, -0.05) is 85.7 Å². The molecule has 1 saturated heterocycles. The lowest BCUT2D eigenvalue weighted by Crippen LogP contribution is -2.68. The minimum Gasteiger partial charge on any atom is -0.462 e. The number of aliphatic hydroxyl groups is 2. The van der Waals surface area contributed by atoms with E-state index in [2.05, 4.69) is 90.6 Å². The number of rotatable bonds is 9. The minimum absolute atomic E-state index is 0.0344. The van der Waals surface area contributed by atoms with Crippen LogP contribution in [0, 0.1) is 84.7 Å². The Labute approximate surface area is 374 Å². The van der Waals surface area contributed by atoms with Crippen molar-refractivity contribution in [1.82, 2.24) is 9.80 Å². The lowest BCUT2D eigenvalue weighted by atomic mass is 9.32. The summed E-state index contributed by atoms with van der Waals surface area (Å²) >= 11 is 0. The number of aliphatic hydroxyl groups excluding tert-OH is 2. The lowest BCUT2D eigenvalue weighted by molar-refractivity contribution is -0.253. The highest BCUT2D eigenvalue weighted by Gasteiger charge is 2.74. The molecule has 0 spiro atoms. The van der Waals surface area contributed by atoms with Crippen molar-refractivity contribution in [3.63, 3.8) is 0 Å². The number of carbonyl (C=O) groups excluding carboxylic acids is 3. The maximum absolute atomic E-state index is 15.3. The first kappa shape index (κ1) is 44.7. The number of ether oxygens (including phenoxy) is 1. The van der Waals surface area contributed by atoms with Gasteiger partial charge in [-0.15, -0.1) is 0 Å². The van der Waals surface area contributed by atoms with Gasteiger partial charge in [0.05, 0.1) is 30.0 Å². The summed E-state index contributed by atoms with van der Waals surface area (Å²) in [7, 11) is 0. The first-order chi connectivity index (χ1) is 29.1. The van der Waals surface area contributed by atoms with Crippen LogP contribution in [0.1, 0.15) is 151 Å². The summed E-state index contributed by atoms with van der Waals surface area (Å²) in [6, 6.07) is 10.7. The molecule has 12 atom stereocenters. The average molecular weight is 855 g/mol. The summed E-state index contributed by atoms with van der Waals surface area (Å²) in [4.78, 5) is 46.6. The zero-order valence-electron chi connectivity index (χ0n) is 40.1. The maximum atomic E-state index is 15.3. The Morgan fingerprint density at radius 3 is 1.98 bits per heavy atom. The van der Waals surface area contributed by atoms with Crippen molar-refractivity contribution in [2.45, 2.75) is 158 Å². The van der Waals surface area contributed by atoms with Crippen LogP contribution in [0.3, 0.4) is 0 Å². The minimum atomic E-state index is -1.20. The van der Waals surface area contributed by atoms with Gasteiger partial charge in [-0.3, -0.25) is 14.4 Å². The van der Waals surface area contributed by atoms with Crippen molar-refractivity contribution in [2.24, 2.45) is 84.7 Å². The first-order valence-corrected chi connectivity index (χ1v) is 25.2. The number of piperazine rings is 1. The van der Waals surface area contributed by atoms with E-state index in [1.807, 2.05) is 0 Å². The van der Waals surface area contributed by atoms with Gasteiger partial charge in [0.15, 0.2) is 0 Å². The average Bonchev–Trinajstić information content (AvgIpc) is 3.87. The van der Waals surface area contributed by atoms with Crippen LogP contribution in [0.5, 0.6) is 0 Å². The van der Waals surface area contributed by atoms with Crippen LogP contribution in [0.2, 0.25) is 0 Å². The van der Waals surface area contributed by atoms with Gasteiger partial charge in [0.2, 0.25) is 11.8 Å². The third-order valence-electron chi connectivity index (χ3n) is 22.1. The fourth-order valence-corrected chi connectivity index (χ4v) is 17.4. The van der Waals surface area contributed by atoms with Crippen LogP contribution in [0.4, 0.5) is 0 Å². The van der Waals surface area contributed by atoms with E-state index in [1.54, 1.807) is 11.8 Å². The Morgan fingerprint density at radius 1 is 0.694 bits per heavy atom. The highest BCUT2D eigenvalue weighted by molar-refractivity contribution is 5.85. The molecule has 1 aromatic carbocycles. The van der Waals surface area contributed by atoms with E-state index in [9.17, 15) is 19.8 Å². The lowest BCUT2D eigenvalue weighted by Gasteiger charge is -2.73. The van der Waals surface area contributed by atoms with Crippen LogP contribution >= 0.6 is 0 Å². The molecule has 9 rings (SSSR count). The van der Waals surface area contributed by atoms with E-state index in [-0.39, 0.29) is 56.4 Å². The number of fused-ring (bicyclic) bond motifs is 7. The van der Waals surface area contributed by atoms with E-state index >= 15 is 4.79 Å². The molecule has 344 valence electrons. The summed E-state index contributed by atoms with van der Waals surface area (Å²) < 4.78 is 6.71. The third-order valence-corrected chi connectivity index (χ3v) is 22.1. The summed E-state index contributed by atoms with van der Waals surface area (Å²) in [5.41, 5.74) is 0.486. The van der Waals surface area contributed by atoms with Crippen molar-refractivity contribution >= 4 is 17.8 Å². The summed E-state index contributed by atoms with van der Waals surface area (Å²) in [5, 5.41) is 19.9. The van der Waals surface area contributed by atoms with E-state index in [1.165, 1.54) is 44.1 Å². The molecule has 1 aromatic rings. The highest BCUT2D eigenvalue weighted by Crippen LogP contribution is 2.79. The number of hydrogen-bond donors (Lipinski definition) is 2. The molecule has 7 saturated carbocycles. The Bertz CT molecular complexity index is 1900. The van der Waals surface area contributed by atoms with Gasteiger partial charge in [-0.2, -0.15) is 0 Å². The quantitative estimate of drug-likeness (QED) is 0.240. The molecular formula is C54H82N2O6. The molecule has 0 radical (unpaired) electrons. The molecule has 62 heavy (non-hydrogen) atoms. The monoisotopic (exact) mass is 855 g/mol. The Kier molecular flexibility index (Phi) is 10.9. The normalized spacial score (nSPS) is 42.6.